The van der Waals surface area contributed by atoms with Crippen LogP contribution in [-0.4, -0.2) is 115 Å². The van der Waals surface area contributed by atoms with Crippen molar-refractivity contribution in [2.75, 3.05) is 20.7 Å². The first kappa shape index (κ1) is 27.1. The fraction of sp³-hybridized carbons (Fsp3) is 1.00. The highest BCUT2D eigenvalue weighted by molar-refractivity contribution is 5.02. The molecule has 1 aliphatic carbocycles. The average molecular weight is 478 g/mol. The third-order valence-electron chi connectivity index (χ3n) is 7.24. The van der Waals surface area contributed by atoms with E-state index in [1.165, 1.54) is 0 Å². The van der Waals surface area contributed by atoms with Crippen LogP contribution in [0.3, 0.4) is 0 Å². The van der Waals surface area contributed by atoms with E-state index in [1.807, 2.05) is 14.0 Å². The van der Waals surface area contributed by atoms with Crippen LogP contribution in [0.5, 0.6) is 0 Å². The molecule has 11 N–H and O–H groups in total. The van der Waals surface area contributed by atoms with E-state index in [4.69, 9.17) is 36.1 Å². The summed E-state index contributed by atoms with van der Waals surface area (Å²) in [5.41, 5.74) is 17.5. The first-order valence-electron chi connectivity index (χ1n) is 11.8. The highest BCUT2D eigenvalue weighted by atomic mass is 16.7. The van der Waals surface area contributed by atoms with Gasteiger partial charge in [0.15, 0.2) is 12.6 Å². The van der Waals surface area contributed by atoms with Gasteiger partial charge in [-0.05, 0) is 47.2 Å². The molecule has 2 heterocycles. The Morgan fingerprint density at radius 2 is 1.58 bits per heavy atom. The fourth-order valence-electron chi connectivity index (χ4n) is 5.04. The van der Waals surface area contributed by atoms with Crippen LogP contribution < -0.4 is 27.8 Å². The maximum absolute atomic E-state index is 11.1. The second-order valence-electron chi connectivity index (χ2n) is 9.91. The number of nitrogens with two attached hydrogens (primary N) is 3. The van der Waals surface area contributed by atoms with E-state index in [0.717, 1.165) is 6.42 Å². The van der Waals surface area contributed by atoms with Gasteiger partial charge in [-0.1, -0.05) is 0 Å². The number of aliphatic hydroxyl groups is 3. The smallest absolute Gasteiger partial charge is 0.185 e. The summed E-state index contributed by atoms with van der Waals surface area (Å²) >= 11 is 0. The van der Waals surface area contributed by atoms with Crippen molar-refractivity contribution in [1.29, 1.82) is 0 Å². The van der Waals surface area contributed by atoms with Crippen LogP contribution in [0.15, 0.2) is 0 Å². The minimum Gasteiger partial charge on any atom is -0.388 e. The van der Waals surface area contributed by atoms with E-state index in [1.54, 1.807) is 14.0 Å². The Morgan fingerprint density at radius 1 is 0.970 bits per heavy atom. The van der Waals surface area contributed by atoms with E-state index < -0.39 is 60.7 Å². The molecule has 33 heavy (non-hydrogen) atoms. The van der Waals surface area contributed by atoms with Crippen LogP contribution in [0.4, 0.5) is 0 Å². The van der Waals surface area contributed by atoms with Gasteiger partial charge in [0.25, 0.3) is 0 Å². The van der Waals surface area contributed by atoms with Crippen molar-refractivity contribution in [3.05, 3.63) is 0 Å². The molecule has 0 unspecified atom stereocenters. The number of ether oxygens (including phenoxy) is 4. The molecule has 13 atom stereocenters. The molecule has 3 fully saturated rings. The summed E-state index contributed by atoms with van der Waals surface area (Å²) in [6, 6.07) is -2.11. The molecule has 0 aromatic heterocycles. The molecule has 12 nitrogen and oxygen atoms in total. The monoisotopic (exact) mass is 477 g/mol. The van der Waals surface area contributed by atoms with Gasteiger partial charge in [-0.3, -0.25) is 0 Å². The lowest BCUT2D eigenvalue weighted by Gasteiger charge is -2.48. The zero-order chi connectivity index (χ0) is 24.5. The van der Waals surface area contributed by atoms with E-state index >= 15 is 0 Å². The van der Waals surface area contributed by atoms with Crippen LogP contribution >= 0.6 is 0 Å². The Balaban J connectivity index is 1.68. The Labute approximate surface area is 195 Å². The predicted molar refractivity (Wildman–Crippen MR) is 120 cm³/mol. The standard InChI is InChI=1S/C21H43N5O7/c1-9(25-3)13-6-5-10(22)19(31-13)32-16-11(23)7-12(24)17(14(16)27)33-20-15(28)18(26-4)21(2,29)8-30-20/h9-20,25-29H,5-8,22-24H2,1-4H3/t9-,10+,11-,12+,13+,14+,15+,16-,17+,18-,19+,20+,21+/m1/s1. The number of nitrogens with one attached hydrogen (secondary N) is 2. The van der Waals surface area contributed by atoms with Crippen molar-refractivity contribution in [2.24, 2.45) is 17.2 Å². The summed E-state index contributed by atoms with van der Waals surface area (Å²) in [7, 11) is 3.49. The first-order valence-corrected chi connectivity index (χ1v) is 11.8. The average Bonchev–Trinajstić information content (AvgIpc) is 2.76. The molecule has 1 saturated carbocycles. The lowest BCUT2D eigenvalue weighted by atomic mass is 9.84. The van der Waals surface area contributed by atoms with Gasteiger partial charge < -0.3 is 62.1 Å². The van der Waals surface area contributed by atoms with Gasteiger partial charge in [-0.15, -0.1) is 0 Å². The number of rotatable bonds is 7. The molecule has 0 bridgehead atoms. The molecule has 2 aliphatic heterocycles. The van der Waals surface area contributed by atoms with Crippen LogP contribution in [0.25, 0.3) is 0 Å². The summed E-state index contributed by atoms with van der Waals surface area (Å²) in [4.78, 5) is 0. The minimum absolute atomic E-state index is 0.0620. The largest absolute Gasteiger partial charge is 0.388 e. The summed E-state index contributed by atoms with van der Waals surface area (Å²) in [5, 5.41) is 38.3. The van der Waals surface area contributed by atoms with Crippen LogP contribution in [-0.2, 0) is 18.9 Å². The lowest BCUT2D eigenvalue weighted by molar-refractivity contribution is -0.307. The quantitative estimate of drug-likeness (QED) is 0.182. The van der Waals surface area contributed by atoms with Gasteiger partial charge >= 0.3 is 0 Å². The van der Waals surface area contributed by atoms with Gasteiger partial charge in [-0.2, -0.15) is 0 Å². The van der Waals surface area contributed by atoms with Crippen molar-refractivity contribution < 1.29 is 34.3 Å². The predicted octanol–water partition coefficient (Wildman–Crippen LogP) is -3.33. The molecule has 2 saturated heterocycles. The maximum atomic E-state index is 11.1. The van der Waals surface area contributed by atoms with Gasteiger partial charge in [0.1, 0.15) is 30.0 Å². The molecular weight excluding hydrogens is 434 g/mol. The summed E-state index contributed by atoms with van der Waals surface area (Å²) in [6.45, 7) is 3.52. The van der Waals surface area contributed by atoms with Crippen LogP contribution in [0.1, 0.15) is 33.1 Å². The van der Waals surface area contributed by atoms with E-state index in [0.29, 0.717) is 12.8 Å². The molecule has 0 spiro atoms. The topological polar surface area (TPSA) is 200 Å². The number of aliphatic hydroxyl groups excluding tert-OH is 2. The van der Waals surface area contributed by atoms with Crippen molar-refractivity contribution >= 4 is 0 Å². The number of likely N-dealkylation sites (N-methyl/N-ethyl adjacent to an activating group) is 2. The second kappa shape index (κ2) is 11.1. The Kier molecular flexibility index (Phi) is 9.09. The number of hydrogen-bond acceptors (Lipinski definition) is 12. The van der Waals surface area contributed by atoms with Gasteiger partial charge in [0.2, 0.25) is 0 Å². The molecule has 3 rings (SSSR count). The van der Waals surface area contributed by atoms with Gasteiger partial charge in [0.05, 0.1) is 24.8 Å². The Morgan fingerprint density at radius 3 is 2.15 bits per heavy atom. The SMILES string of the molecule is CN[C@@H]1[C@H](O)[C@H](O[C@@H]2[C@@H](O)[C@H](O[C@@H]3O[C@H]([C@@H](C)NC)CC[C@@H]3N)[C@H](N)C[C@@H]2N)OC[C@]1(C)O. The molecule has 0 aromatic carbocycles. The van der Waals surface area contributed by atoms with Crippen molar-refractivity contribution in [3.8, 4) is 0 Å². The van der Waals surface area contributed by atoms with Crippen molar-refractivity contribution in [3.63, 3.8) is 0 Å². The molecular formula is C21H43N5O7. The highest BCUT2D eigenvalue weighted by Crippen LogP contribution is 2.31. The first-order chi connectivity index (χ1) is 15.5. The van der Waals surface area contributed by atoms with Crippen LogP contribution in [0, 0.1) is 0 Å². The molecule has 3 aliphatic rings. The van der Waals surface area contributed by atoms with Gasteiger partial charge in [0, 0.05) is 18.1 Å². The zero-order valence-electron chi connectivity index (χ0n) is 20.0. The summed E-state index contributed by atoms with van der Waals surface area (Å²) < 4.78 is 23.7. The Hall–Kier alpha value is -0.480. The Bertz CT molecular complexity index is 632. The molecule has 0 amide bonds. The molecule has 0 aromatic rings. The molecule has 194 valence electrons. The van der Waals surface area contributed by atoms with E-state index in [-0.39, 0.29) is 24.8 Å². The normalized spacial score (nSPS) is 50.2. The summed E-state index contributed by atoms with van der Waals surface area (Å²) in [5.74, 6) is 0. The minimum atomic E-state index is -1.29. The van der Waals surface area contributed by atoms with Crippen molar-refractivity contribution in [2.45, 2.75) is 112 Å². The summed E-state index contributed by atoms with van der Waals surface area (Å²) in [6.07, 6.45) is -4.22. The van der Waals surface area contributed by atoms with E-state index in [2.05, 4.69) is 10.6 Å². The third kappa shape index (κ3) is 5.85. The second-order valence-corrected chi connectivity index (χ2v) is 9.91. The van der Waals surface area contributed by atoms with Gasteiger partial charge in [-0.25, -0.2) is 0 Å². The molecule has 0 radical (unpaired) electrons. The highest BCUT2D eigenvalue weighted by Gasteiger charge is 2.50. The third-order valence-corrected chi connectivity index (χ3v) is 7.24. The maximum Gasteiger partial charge on any atom is 0.185 e. The zero-order valence-corrected chi connectivity index (χ0v) is 20.0. The molecule has 12 heteroatoms. The van der Waals surface area contributed by atoms with Crippen LogP contribution in [0.2, 0.25) is 0 Å². The van der Waals surface area contributed by atoms with E-state index in [9.17, 15) is 15.3 Å². The van der Waals surface area contributed by atoms with Crippen molar-refractivity contribution in [1.82, 2.24) is 10.6 Å². The lowest BCUT2D eigenvalue weighted by Crippen LogP contribution is -2.68. The number of hydrogen-bond donors (Lipinski definition) is 8. The fourth-order valence-corrected chi connectivity index (χ4v) is 5.04.